The van der Waals surface area contributed by atoms with E-state index in [0.717, 1.165) is 18.4 Å². The molecule has 1 fully saturated rings. The quantitative estimate of drug-likeness (QED) is 0.755. The minimum absolute atomic E-state index is 0.0197. The Balaban J connectivity index is 1.97. The summed E-state index contributed by atoms with van der Waals surface area (Å²) in [5.74, 6) is -1.17. The van der Waals surface area contributed by atoms with Crippen molar-refractivity contribution < 1.29 is 19.1 Å². The van der Waals surface area contributed by atoms with Crippen LogP contribution in [0.3, 0.4) is 0 Å². The minimum Gasteiger partial charge on any atom is -0.481 e. The number of urea groups is 1. The van der Waals surface area contributed by atoms with E-state index in [4.69, 9.17) is 16.7 Å². The van der Waals surface area contributed by atoms with Crippen molar-refractivity contribution >= 4 is 23.6 Å². The summed E-state index contributed by atoms with van der Waals surface area (Å²) in [6.45, 7) is 0.0583. The number of carbonyl (C=O) groups excluding carboxylic acids is 1. The third kappa shape index (κ3) is 4.60. The molecule has 1 aliphatic carbocycles. The van der Waals surface area contributed by atoms with Crippen LogP contribution in [0.5, 0.6) is 0 Å². The summed E-state index contributed by atoms with van der Waals surface area (Å²) < 4.78 is 13.2. The van der Waals surface area contributed by atoms with Crippen molar-refractivity contribution in [2.45, 2.75) is 25.3 Å². The zero-order valence-electron chi connectivity index (χ0n) is 11.2. The van der Waals surface area contributed by atoms with Crippen LogP contribution in [0.1, 0.15) is 30.9 Å². The molecule has 0 aromatic heterocycles. The molecule has 1 aromatic carbocycles. The van der Waals surface area contributed by atoms with Crippen molar-refractivity contribution in [3.8, 4) is 0 Å². The first-order valence-corrected chi connectivity index (χ1v) is 7.06. The lowest BCUT2D eigenvalue weighted by Crippen LogP contribution is -2.39. The standard InChI is InChI=1S/C14H16ClFN2O3/c15-10-7-9(3-4-11(10)16)13(8-1-2-8)18-14(21)17-6-5-12(19)20/h3-4,7-8,13H,1-2,5-6H2,(H,19,20)(H2,17,18,21). The molecule has 7 heteroatoms. The molecule has 0 bridgehead atoms. The minimum atomic E-state index is -0.973. The highest BCUT2D eigenvalue weighted by Crippen LogP contribution is 2.41. The highest BCUT2D eigenvalue weighted by Gasteiger charge is 2.33. The molecule has 3 N–H and O–H groups in total. The summed E-state index contributed by atoms with van der Waals surface area (Å²) >= 11 is 5.77. The normalized spacial score (nSPS) is 15.3. The van der Waals surface area contributed by atoms with Crippen LogP contribution < -0.4 is 10.6 Å². The first-order valence-electron chi connectivity index (χ1n) is 6.68. The fraction of sp³-hybridized carbons (Fsp3) is 0.429. The van der Waals surface area contributed by atoms with Gasteiger partial charge in [0.15, 0.2) is 0 Å². The van der Waals surface area contributed by atoms with Crippen molar-refractivity contribution in [3.63, 3.8) is 0 Å². The number of carbonyl (C=O) groups is 2. The van der Waals surface area contributed by atoms with Gasteiger partial charge in [-0.2, -0.15) is 0 Å². The molecule has 114 valence electrons. The Morgan fingerprint density at radius 3 is 2.71 bits per heavy atom. The smallest absolute Gasteiger partial charge is 0.315 e. The Labute approximate surface area is 126 Å². The predicted molar refractivity (Wildman–Crippen MR) is 75.7 cm³/mol. The summed E-state index contributed by atoms with van der Waals surface area (Å²) in [7, 11) is 0. The maximum absolute atomic E-state index is 13.2. The van der Waals surface area contributed by atoms with E-state index >= 15 is 0 Å². The van der Waals surface area contributed by atoms with Gasteiger partial charge in [0.25, 0.3) is 0 Å². The second-order valence-electron chi connectivity index (χ2n) is 5.03. The lowest BCUT2D eigenvalue weighted by Gasteiger charge is -2.19. The number of carboxylic acids is 1. The van der Waals surface area contributed by atoms with Gasteiger partial charge in [-0.3, -0.25) is 4.79 Å². The van der Waals surface area contributed by atoms with E-state index in [1.165, 1.54) is 12.1 Å². The summed E-state index contributed by atoms with van der Waals surface area (Å²) in [4.78, 5) is 22.2. The lowest BCUT2D eigenvalue weighted by atomic mass is 10.0. The molecular weight excluding hydrogens is 299 g/mol. The molecule has 1 aromatic rings. The molecule has 1 atom stereocenters. The second-order valence-corrected chi connectivity index (χ2v) is 5.44. The third-order valence-corrected chi connectivity index (χ3v) is 3.60. The van der Waals surface area contributed by atoms with Gasteiger partial charge in [-0.05, 0) is 36.5 Å². The van der Waals surface area contributed by atoms with Crippen LogP contribution >= 0.6 is 11.6 Å². The molecule has 0 radical (unpaired) electrons. The molecule has 21 heavy (non-hydrogen) atoms. The van der Waals surface area contributed by atoms with Crippen molar-refractivity contribution in [3.05, 3.63) is 34.6 Å². The second kappa shape index (κ2) is 6.76. The average Bonchev–Trinajstić information content (AvgIpc) is 3.23. The lowest BCUT2D eigenvalue weighted by molar-refractivity contribution is -0.136. The van der Waals surface area contributed by atoms with Crippen LogP contribution in [0, 0.1) is 11.7 Å². The molecule has 0 spiro atoms. The van der Waals surface area contributed by atoms with E-state index in [2.05, 4.69) is 10.6 Å². The molecule has 1 aliphatic rings. The monoisotopic (exact) mass is 314 g/mol. The predicted octanol–water partition coefficient (Wildman–Crippen LogP) is 2.70. The summed E-state index contributed by atoms with van der Waals surface area (Å²) in [6.07, 6.45) is 1.83. The molecule has 2 rings (SSSR count). The number of carboxylic acid groups (broad SMARTS) is 1. The first-order chi connectivity index (χ1) is 9.97. The van der Waals surface area contributed by atoms with Crippen molar-refractivity contribution in [2.75, 3.05) is 6.54 Å². The number of hydrogen-bond donors (Lipinski definition) is 3. The Bertz CT molecular complexity index is 549. The molecule has 1 saturated carbocycles. The zero-order chi connectivity index (χ0) is 15.4. The van der Waals surface area contributed by atoms with Gasteiger partial charge in [-0.1, -0.05) is 17.7 Å². The third-order valence-electron chi connectivity index (χ3n) is 3.31. The Morgan fingerprint density at radius 2 is 2.14 bits per heavy atom. The van der Waals surface area contributed by atoms with Crippen molar-refractivity contribution in [1.29, 1.82) is 0 Å². The Hall–Kier alpha value is -1.82. The number of aliphatic carboxylic acids is 1. The van der Waals surface area contributed by atoms with E-state index in [0.29, 0.717) is 5.92 Å². The highest BCUT2D eigenvalue weighted by atomic mass is 35.5. The van der Waals surface area contributed by atoms with Crippen molar-refractivity contribution in [2.24, 2.45) is 5.92 Å². The van der Waals surface area contributed by atoms with Crippen molar-refractivity contribution in [1.82, 2.24) is 10.6 Å². The molecule has 0 saturated heterocycles. The van der Waals surface area contributed by atoms with Crippen LogP contribution in [-0.4, -0.2) is 23.7 Å². The highest BCUT2D eigenvalue weighted by molar-refractivity contribution is 6.30. The van der Waals surface area contributed by atoms with E-state index in [1.807, 2.05) is 0 Å². The largest absolute Gasteiger partial charge is 0.481 e. The van der Waals surface area contributed by atoms with Gasteiger partial charge in [0.05, 0.1) is 17.5 Å². The van der Waals surface area contributed by atoms with Crippen LogP contribution in [-0.2, 0) is 4.79 Å². The molecule has 0 heterocycles. The van der Waals surface area contributed by atoms with Gasteiger partial charge in [0.1, 0.15) is 5.82 Å². The van der Waals surface area contributed by atoms with E-state index in [-0.39, 0.29) is 24.0 Å². The molecular formula is C14H16ClFN2O3. The number of benzene rings is 1. The molecule has 0 aliphatic heterocycles. The van der Waals surface area contributed by atoms with Gasteiger partial charge in [-0.15, -0.1) is 0 Å². The van der Waals surface area contributed by atoms with Crippen LogP contribution in [0.4, 0.5) is 9.18 Å². The zero-order valence-corrected chi connectivity index (χ0v) is 12.0. The molecule has 1 unspecified atom stereocenters. The molecule has 2 amide bonds. The number of nitrogens with one attached hydrogen (secondary N) is 2. The number of rotatable bonds is 6. The maximum atomic E-state index is 13.2. The number of halogens is 2. The van der Waals surface area contributed by atoms with Gasteiger partial charge >= 0.3 is 12.0 Å². The Morgan fingerprint density at radius 1 is 1.43 bits per heavy atom. The van der Waals surface area contributed by atoms with E-state index < -0.39 is 17.8 Å². The van der Waals surface area contributed by atoms with Gasteiger partial charge in [0.2, 0.25) is 0 Å². The van der Waals surface area contributed by atoms with E-state index in [1.54, 1.807) is 6.07 Å². The topological polar surface area (TPSA) is 78.4 Å². The summed E-state index contributed by atoms with van der Waals surface area (Å²) in [5.41, 5.74) is 0.747. The maximum Gasteiger partial charge on any atom is 0.315 e. The first kappa shape index (κ1) is 15.6. The Kier molecular flexibility index (Phi) is 5.01. The van der Waals surface area contributed by atoms with Gasteiger partial charge in [-0.25, -0.2) is 9.18 Å². The SMILES string of the molecule is O=C(O)CCNC(=O)NC(c1ccc(F)c(Cl)c1)C1CC1. The van der Waals surface area contributed by atoms with E-state index in [9.17, 15) is 14.0 Å². The van der Waals surface area contributed by atoms with Crippen LogP contribution in [0.25, 0.3) is 0 Å². The summed E-state index contributed by atoms with van der Waals surface area (Å²) in [5, 5.41) is 13.8. The average molecular weight is 315 g/mol. The van der Waals surface area contributed by atoms with Gasteiger partial charge < -0.3 is 15.7 Å². The fourth-order valence-corrected chi connectivity index (χ4v) is 2.27. The number of hydrogen-bond acceptors (Lipinski definition) is 2. The van der Waals surface area contributed by atoms with Crippen LogP contribution in [0.2, 0.25) is 5.02 Å². The fourth-order valence-electron chi connectivity index (χ4n) is 2.08. The number of amides is 2. The summed E-state index contributed by atoms with van der Waals surface area (Å²) in [6, 6.07) is 3.71. The van der Waals surface area contributed by atoms with Crippen LogP contribution in [0.15, 0.2) is 18.2 Å². The molecule has 5 nitrogen and oxygen atoms in total. The van der Waals surface area contributed by atoms with Gasteiger partial charge in [0, 0.05) is 6.54 Å².